The Kier molecular flexibility index (Phi) is 6.20. The molecule has 7 heteroatoms. The zero-order valence-corrected chi connectivity index (χ0v) is 9.66. The monoisotopic (exact) mass is 238 g/mol. The third-order valence-electron chi connectivity index (χ3n) is 1.35. The van der Waals surface area contributed by atoms with Crippen LogP contribution >= 0.6 is 7.37 Å². The molecule has 0 fully saturated rings. The van der Waals surface area contributed by atoms with E-state index in [0.717, 1.165) is 0 Å². The number of carbonyl (C=O) groups is 2. The Labute approximate surface area is 88.0 Å². The second-order valence-electron chi connectivity index (χ2n) is 2.80. The van der Waals surface area contributed by atoms with Crippen LogP contribution in [0.4, 0.5) is 9.59 Å². The van der Waals surface area contributed by atoms with Gasteiger partial charge in [0.25, 0.3) is 0 Å². The first-order chi connectivity index (χ1) is 6.96. The van der Waals surface area contributed by atoms with E-state index in [1.807, 2.05) is 0 Å². The van der Waals surface area contributed by atoms with Crippen LogP contribution in [0, 0.1) is 0 Å². The maximum absolute atomic E-state index is 11.2. The molecule has 0 aliphatic carbocycles. The lowest BCUT2D eigenvalue weighted by Gasteiger charge is -2.09. The zero-order valence-electron chi connectivity index (χ0n) is 8.76. The molecule has 0 unspecified atom stereocenters. The summed E-state index contributed by atoms with van der Waals surface area (Å²) in [5.41, 5.74) is -2.82. The number of hydrogen-bond acceptors (Lipinski definition) is 5. The summed E-state index contributed by atoms with van der Waals surface area (Å²) in [5.74, 6) is 0. The topological polar surface area (TPSA) is 89.9 Å². The molecular weight excluding hydrogens is 223 g/mol. The van der Waals surface area contributed by atoms with Gasteiger partial charge in [0, 0.05) is 0 Å². The van der Waals surface area contributed by atoms with Gasteiger partial charge in [-0.3, -0.25) is 4.57 Å². The van der Waals surface area contributed by atoms with E-state index in [2.05, 4.69) is 9.47 Å². The fraction of sp³-hybridized carbons (Fsp3) is 0.750. The molecule has 0 aliphatic rings. The second kappa shape index (κ2) is 6.58. The summed E-state index contributed by atoms with van der Waals surface area (Å²) < 4.78 is 20.0. The van der Waals surface area contributed by atoms with Gasteiger partial charge < -0.3 is 14.4 Å². The molecule has 15 heavy (non-hydrogen) atoms. The predicted molar refractivity (Wildman–Crippen MR) is 53.1 cm³/mol. The van der Waals surface area contributed by atoms with Crippen molar-refractivity contribution in [3.05, 3.63) is 0 Å². The molecule has 0 aromatic rings. The van der Waals surface area contributed by atoms with Gasteiger partial charge in [0.15, 0.2) is 0 Å². The van der Waals surface area contributed by atoms with Crippen molar-refractivity contribution in [2.45, 2.75) is 26.7 Å². The SMILES string of the molecule is CCCOC(=O)P(=O)(O)C(=O)OCCC. The molecule has 0 heterocycles. The molecule has 0 saturated carbocycles. The quantitative estimate of drug-likeness (QED) is 0.714. The molecule has 0 bridgehead atoms. The van der Waals surface area contributed by atoms with E-state index in [1.54, 1.807) is 13.8 Å². The molecule has 0 saturated heterocycles. The van der Waals surface area contributed by atoms with E-state index in [0.29, 0.717) is 12.8 Å². The molecule has 1 N–H and O–H groups in total. The summed E-state index contributed by atoms with van der Waals surface area (Å²) in [5, 5.41) is 0. The second-order valence-corrected chi connectivity index (χ2v) is 4.69. The highest BCUT2D eigenvalue weighted by atomic mass is 31.2. The van der Waals surface area contributed by atoms with Crippen molar-refractivity contribution in [1.82, 2.24) is 0 Å². The third kappa shape index (κ3) is 4.44. The number of hydrogen-bond donors (Lipinski definition) is 1. The van der Waals surface area contributed by atoms with Crippen LogP contribution in [0.15, 0.2) is 0 Å². The Morgan fingerprint density at radius 1 is 1.07 bits per heavy atom. The Morgan fingerprint density at radius 2 is 1.40 bits per heavy atom. The zero-order chi connectivity index (χ0) is 11.9. The average molecular weight is 238 g/mol. The van der Waals surface area contributed by atoms with Gasteiger partial charge in [0.2, 0.25) is 0 Å². The van der Waals surface area contributed by atoms with Gasteiger partial charge >= 0.3 is 18.8 Å². The van der Waals surface area contributed by atoms with E-state index >= 15 is 0 Å². The van der Waals surface area contributed by atoms with Crippen molar-refractivity contribution in [3.8, 4) is 0 Å². The van der Waals surface area contributed by atoms with E-state index in [-0.39, 0.29) is 13.2 Å². The first kappa shape index (κ1) is 14.1. The van der Waals surface area contributed by atoms with Gasteiger partial charge in [-0.25, -0.2) is 9.59 Å². The first-order valence-electron chi connectivity index (χ1n) is 4.64. The van der Waals surface area contributed by atoms with Crippen LogP contribution in [-0.2, 0) is 14.0 Å². The maximum atomic E-state index is 11.2. The van der Waals surface area contributed by atoms with Gasteiger partial charge in [-0.2, -0.15) is 0 Å². The molecule has 0 rings (SSSR count). The third-order valence-corrected chi connectivity index (χ3v) is 2.60. The van der Waals surface area contributed by atoms with Crippen molar-refractivity contribution in [1.29, 1.82) is 0 Å². The van der Waals surface area contributed by atoms with Crippen LogP contribution in [0.25, 0.3) is 0 Å². The van der Waals surface area contributed by atoms with E-state index in [4.69, 9.17) is 4.89 Å². The lowest BCUT2D eigenvalue weighted by atomic mass is 10.5. The fourth-order valence-electron chi connectivity index (χ4n) is 0.628. The normalized spacial score (nSPS) is 10.9. The van der Waals surface area contributed by atoms with Crippen molar-refractivity contribution in [3.63, 3.8) is 0 Å². The minimum atomic E-state index is -4.66. The molecule has 0 aliphatic heterocycles. The Bertz CT molecular complexity index is 250. The largest absolute Gasteiger partial charge is 0.458 e. The van der Waals surface area contributed by atoms with Crippen LogP contribution in [0.5, 0.6) is 0 Å². The predicted octanol–water partition coefficient (Wildman–Crippen LogP) is 2.35. The summed E-state index contributed by atoms with van der Waals surface area (Å²) in [6.45, 7) is 3.46. The van der Waals surface area contributed by atoms with Crippen molar-refractivity contribution < 1.29 is 28.5 Å². The molecule has 0 radical (unpaired) electrons. The molecule has 0 aromatic carbocycles. The summed E-state index contributed by atoms with van der Waals surface area (Å²) in [6, 6.07) is 0. The lowest BCUT2D eigenvalue weighted by Crippen LogP contribution is -2.13. The van der Waals surface area contributed by atoms with Crippen LogP contribution < -0.4 is 0 Å². The molecular formula is C8H15O6P. The minimum absolute atomic E-state index is 0.00441. The number of carbonyl (C=O) groups excluding carboxylic acids is 2. The Morgan fingerprint density at radius 3 is 1.67 bits per heavy atom. The van der Waals surface area contributed by atoms with Gasteiger partial charge in [-0.15, -0.1) is 0 Å². The van der Waals surface area contributed by atoms with Crippen molar-refractivity contribution in [2.75, 3.05) is 13.2 Å². The molecule has 0 amide bonds. The lowest BCUT2D eigenvalue weighted by molar-refractivity contribution is 0.158. The van der Waals surface area contributed by atoms with Crippen molar-refractivity contribution >= 4 is 18.8 Å². The van der Waals surface area contributed by atoms with Crippen LogP contribution in [-0.4, -0.2) is 29.5 Å². The highest BCUT2D eigenvalue weighted by Crippen LogP contribution is 2.44. The maximum Gasteiger partial charge on any atom is 0.411 e. The van der Waals surface area contributed by atoms with Gasteiger partial charge in [0.05, 0.1) is 13.2 Å². The first-order valence-corrected chi connectivity index (χ1v) is 6.30. The summed E-state index contributed by atoms with van der Waals surface area (Å²) >= 11 is 0. The smallest absolute Gasteiger partial charge is 0.411 e. The summed E-state index contributed by atoms with van der Waals surface area (Å²) in [4.78, 5) is 31.1. The van der Waals surface area contributed by atoms with Crippen LogP contribution in [0.2, 0.25) is 0 Å². The molecule has 0 spiro atoms. The Hall–Kier alpha value is -0.870. The van der Waals surface area contributed by atoms with Crippen LogP contribution in [0.3, 0.4) is 0 Å². The standard InChI is InChI=1S/C8H15O6P/c1-3-5-13-7(9)15(11,12)8(10)14-6-4-2/h3-6H2,1-2H3,(H,11,12). The van der Waals surface area contributed by atoms with Gasteiger partial charge in [-0.1, -0.05) is 13.8 Å². The summed E-state index contributed by atoms with van der Waals surface area (Å²) in [6.07, 6.45) is 1.02. The molecule has 6 nitrogen and oxygen atoms in total. The van der Waals surface area contributed by atoms with E-state index in [1.165, 1.54) is 0 Å². The minimum Gasteiger partial charge on any atom is -0.458 e. The molecule has 0 aromatic heterocycles. The highest BCUT2D eigenvalue weighted by molar-refractivity contribution is 7.88. The van der Waals surface area contributed by atoms with E-state index < -0.39 is 18.8 Å². The van der Waals surface area contributed by atoms with Crippen molar-refractivity contribution in [2.24, 2.45) is 0 Å². The van der Waals surface area contributed by atoms with Crippen LogP contribution in [0.1, 0.15) is 26.7 Å². The number of rotatable bonds is 6. The van der Waals surface area contributed by atoms with E-state index in [9.17, 15) is 14.2 Å². The van der Waals surface area contributed by atoms with Gasteiger partial charge in [-0.05, 0) is 12.8 Å². The molecule has 88 valence electrons. The molecule has 0 atom stereocenters. The average Bonchev–Trinajstić information content (AvgIpc) is 2.21. The fourth-order valence-corrected chi connectivity index (χ4v) is 1.31. The highest BCUT2D eigenvalue weighted by Gasteiger charge is 2.41. The number of ether oxygens (including phenoxy) is 2. The summed E-state index contributed by atoms with van der Waals surface area (Å²) in [7, 11) is -4.66. The Balaban J connectivity index is 4.32. The van der Waals surface area contributed by atoms with Gasteiger partial charge in [0.1, 0.15) is 0 Å².